The van der Waals surface area contributed by atoms with E-state index in [1.807, 2.05) is 60.0 Å². The number of anilines is 1. The van der Waals surface area contributed by atoms with Crippen molar-refractivity contribution in [2.45, 2.75) is 19.8 Å². The molecule has 7 nitrogen and oxygen atoms in total. The number of rotatable bonds is 4. The minimum Gasteiger partial charge on any atom is -0.497 e. The van der Waals surface area contributed by atoms with Gasteiger partial charge in [-0.05, 0) is 56.2 Å². The number of carbonyl (C=O) groups excluding carboxylic acids is 1. The number of benzene rings is 2. The van der Waals surface area contributed by atoms with Crippen LogP contribution in [0.25, 0.3) is 16.6 Å². The molecule has 2 aromatic carbocycles. The molecule has 0 bridgehead atoms. The quantitative estimate of drug-likeness (QED) is 0.486. The van der Waals surface area contributed by atoms with Gasteiger partial charge in [0.05, 0.1) is 12.6 Å². The minimum absolute atomic E-state index is 0.0167. The summed E-state index contributed by atoms with van der Waals surface area (Å²) in [6, 6.07) is 15.4. The summed E-state index contributed by atoms with van der Waals surface area (Å²) in [7, 11) is 1.63. The topological polar surface area (TPSA) is 72.6 Å². The van der Waals surface area contributed by atoms with Crippen molar-refractivity contribution in [2.24, 2.45) is 5.92 Å². The van der Waals surface area contributed by atoms with Gasteiger partial charge in [-0.3, -0.25) is 4.79 Å². The Kier molecular flexibility index (Phi) is 4.58. The zero-order chi connectivity index (χ0) is 20.7. The van der Waals surface area contributed by atoms with Gasteiger partial charge in [-0.25, -0.2) is 9.97 Å². The zero-order valence-electron chi connectivity index (χ0n) is 17.1. The fourth-order valence-corrected chi connectivity index (χ4v) is 4.18. The van der Waals surface area contributed by atoms with E-state index in [9.17, 15) is 4.79 Å². The lowest BCUT2D eigenvalue weighted by molar-refractivity contribution is 0.0900. The minimum atomic E-state index is 0.0167. The number of nitrogens with zero attached hydrogens (tertiary/aromatic N) is 5. The van der Waals surface area contributed by atoms with Crippen LogP contribution in [0.4, 0.5) is 5.95 Å². The van der Waals surface area contributed by atoms with Gasteiger partial charge in [0.25, 0.3) is 0 Å². The first-order valence-electron chi connectivity index (χ1n) is 10.2. The van der Waals surface area contributed by atoms with Gasteiger partial charge in [-0.1, -0.05) is 12.1 Å². The molecule has 4 aromatic rings. The van der Waals surface area contributed by atoms with Crippen molar-refractivity contribution in [2.75, 3.05) is 25.1 Å². The number of methoxy groups -OCH3 is 1. The fraction of sp³-hybridized carbons (Fsp3) is 0.304. The number of carbonyl (C=O) groups is 1. The molecule has 0 amide bonds. The van der Waals surface area contributed by atoms with Crippen LogP contribution in [0, 0.1) is 12.8 Å². The lowest BCUT2D eigenvalue weighted by Crippen LogP contribution is -2.38. The first-order chi connectivity index (χ1) is 14.6. The molecule has 3 heterocycles. The molecule has 1 aliphatic rings. The molecule has 0 atom stereocenters. The van der Waals surface area contributed by atoms with Gasteiger partial charge in [0.1, 0.15) is 11.6 Å². The second kappa shape index (κ2) is 7.40. The SMILES string of the molecule is COc1ccc(C(=O)C2CCN(c3nc4ccccc4c4nc(C)nn34)CC2)cc1. The molecule has 0 N–H and O–H groups in total. The second-order valence-corrected chi connectivity index (χ2v) is 7.68. The highest BCUT2D eigenvalue weighted by Crippen LogP contribution is 2.28. The molecule has 0 aliphatic carbocycles. The van der Waals surface area contributed by atoms with Crippen LogP contribution in [0.5, 0.6) is 5.75 Å². The lowest BCUT2D eigenvalue weighted by Gasteiger charge is -2.32. The first-order valence-corrected chi connectivity index (χ1v) is 10.2. The van der Waals surface area contributed by atoms with Gasteiger partial charge in [0.2, 0.25) is 5.95 Å². The maximum absolute atomic E-state index is 12.9. The van der Waals surface area contributed by atoms with Crippen molar-refractivity contribution in [1.29, 1.82) is 0 Å². The number of aryl methyl sites for hydroxylation is 1. The van der Waals surface area contributed by atoms with Gasteiger partial charge in [0.15, 0.2) is 11.4 Å². The lowest BCUT2D eigenvalue weighted by atomic mass is 9.89. The summed E-state index contributed by atoms with van der Waals surface area (Å²) < 4.78 is 7.02. The summed E-state index contributed by atoms with van der Waals surface area (Å²) in [5, 5.41) is 5.57. The summed E-state index contributed by atoms with van der Waals surface area (Å²) in [6.45, 7) is 3.41. The van der Waals surface area contributed by atoms with Crippen LogP contribution < -0.4 is 9.64 Å². The van der Waals surface area contributed by atoms with Gasteiger partial charge in [0, 0.05) is 30.0 Å². The van der Waals surface area contributed by atoms with Gasteiger partial charge < -0.3 is 9.64 Å². The number of aromatic nitrogens is 4. The Morgan fingerprint density at radius 3 is 2.50 bits per heavy atom. The number of para-hydroxylation sites is 1. The molecule has 7 heteroatoms. The van der Waals surface area contributed by atoms with Crippen LogP contribution in [-0.2, 0) is 0 Å². The van der Waals surface area contributed by atoms with Crippen molar-refractivity contribution in [3.05, 3.63) is 59.9 Å². The van der Waals surface area contributed by atoms with Crippen molar-refractivity contribution in [3.63, 3.8) is 0 Å². The Labute approximate surface area is 174 Å². The Morgan fingerprint density at radius 1 is 1.03 bits per heavy atom. The van der Waals surface area contributed by atoms with E-state index in [0.29, 0.717) is 0 Å². The van der Waals surface area contributed by atoms with Crippen molar-refractivity contribution < 1.29 is 9.53 Å². The molecule has 1 fully saturated rings. The van der Waals surface area contributed by atoms with Crippen LogP contribution in [0.15, 0.2) is 48.5 Å². The molecule has 0 saturated carbocycles. The Morgan fingerprint density at radius 2 is 1.77 bits per heavy atom. The Balaban J connectivity index is 1.39. The van der Waals surface area contributed by atoms with Gasteiger partial charge >= 0.3 is 0 Å². The molecule has 5 rings (SSSR count). The first kappa shape index (κ1) is 18.5. The Hall–Kier alpha value is -3.48. The van der Waals surface area contributed by atoms with E-state index in [4.69, 9.17) is 9.72 Å². The number of piperidine rings is 1. The highest BCUT2D eigenvalue weighted by atomic mass is 16.5. The third kappa shape index (κ3) is 3.16. The average Bonchev–Trinajstić information content (AvgIpc) is 3.20. The highest BCUT2D eigenvalue weighted by molar-refractivity contribution is 5.98. The van der Waals surface area contributed by atoms with E-state index in [2.05, 4.69) is 15.0 Å². The predicted molar refractivity (Wildman–Crippen MR) is 115 cm³/mol. The molecule has 30 heavy (non-hydrogen) atoms. The van der Waals surface area contributed by atoms with Crippen LogP contribution in [0.1, 0.15) is 29.0 Å². The van der Waals surface area contributed by atoms with Crippen LogP contribution in [-0.4, -0.2) is 45.6 Å². The third-order valence-corrected chi connectivity index (χ3v) is 5.79. The predicted octanol–water partition coefficient (Wildman–Crippen LogP) is 3.69. The molecule has 1 saturated heterocycles. The number of Topliss-reactive ketones (excluding diaryl/α,β-unsaturated/α-hetero) is 1. The van der Waals surface area contributed by atoms with Crippen molar-refractivity contribution in [1.82, 2.24) is 19.6 Å². The molecular weight excluding hydrogens is 378 g/mol. The summed E-state index contributed by atoms with van der Waals surface area (Å²) in [5.74, 6) is 2.49. The summed E-state index contributed by atoms with van der Waals surface area (Å²) in [6.07, 6.45) is 1.57. The number of hydrogen-bond acceptors (Lipinski definition) is 6. The average molecular weight is 401 g/mol. The van der Waals surface area contributed by atoms with Crippen molar-refractivity contribution in [3.8, 4) is 5.75 Å². The largest absolute Gasteiger partial charge is 0.497 e. The molecule has 152 valence electrons. The van der Waals surface area contributed by atoms with Crippen LogP contribution in [0.3, 0.4) is 0 Å². The molecule has 0 unspecified atom stereocenters. The van der Waals surface area contributed by atoms with E-state index >= 15 is 0 Å². The molecule has 1 aliphatic heterocycles. The van der Waals surface area contributed by atoms with E-state index < -0.39 is 0 Å². The van der Waals surface area contributed by atoms with Crippen LogP contribution >= 0.6 is 0 Å². The van der Waals surface area contributed by atoms with E-state index in [1.54, 1.807) is 7.11 Å². The Bertz CT molecular complexity index is 1220. The van der Waals surface area contributed by atoms with E-state index in [1.165, 1.54) is 0 Å². The highest BCUT2D eigenvalue weighted by Gasteiger charge is 2.28. The summed E-state index contributed by atoms with van der Waals surface area (Å²) in [5.41, 5.74) is 2.47. The molecular formula is C23H23N5O2. The summed E-state index contributed by atoms with van der Waals surface area (Å²) >= 11 is 0. The van der Waals surface area contributed by atoms with Gasteiger partial charge in [-0.2, -0.15) is 4.52 Å². The molecule has 2 aromatic heterocycles. The number of hydrogen-bond donors (Lipinski definition) is 0. The number of fused-ring (bicyclic) bond motifs is 3. The monoisotopic (exact) mass is 401 g/mol. The number of ether oxygens (including phenoxy) is 1. The third-order valence-electron chi connectivity index (χ3n) is 5.79. The van der Waals surface area contributed by atoms with Crippen LogP contribution in [0.2, 0.25) is 0 Å². The molecule has 0 radical (unpaired) electrons. The fourth-order valence-electron chi connectivity index (χ4n) is 4.18. The van der Waals surface area contributed by atoms with E-state index in [-0.39, 0.29) is 11.7 Å². The number of ketones is 1. The zero-order valence-corrected chi connectivity index (χ0v) is 17.1. The maximum atomic E-state index is 12.9. The van der Waals surface area contributed by atoms with Crippen molar-refractivity contribution >= 4 is 28.3 Å². The standard InChI is InChI=1S/C23H23N5O2/c1-15-24-22-19-5-3-4-6-20(19)25-23(28(22)26-15)27-13-11-17(12-14-27)21(29)16-7-9-18(30-2)10-8-16/h3-10,17H,11-14H2,1-2H3. The van der Waals surface area contributed by atoms with E-state index in [0.717, 1.165) is 65.6 Å². The molecule has 0 spiro atoms. The normalized spacial score (nSPS) is 15.1. The second-order valence-electron chi connectivity index (χ2n) is 7.68. The van der Waals surface area contributed by atoms with Gasteiger partial charge in [-0.15, -0.1) is 5.10 Å². The summed E-state index contributed by atoms with van der Waals surface area (Å²) in [4.78, 5) is 24.6. The smallest absolute Gasteiger partial charge is 0.229 e. The maximum Gasteiger partial charge on any atom is 0.229 e.